The summed E-state index contributed by atoms with van der Waals surface area (Å²) < 4.78 is 9.97. The van der Waals surface area contributed by atoms with E-state index in [1.54, 1.807) is 81.4 Å². The molecule has 9 nitrogen and oxygen atoms in total. The van der Waals surface area contributed by atoms with Crippen LogP contribution in [0.4, 0.5) is 0 Å². The van der Waals surface area contributed by atoms with Crippen LogP contribution < -0.4 is 10.6 Å². The smallest absolute Gasteiger partial charge is 0.328 e. The van der Waals surface area contributed by atoms with Crippen LogP contribution in [0.1, 0.15) is 55.6 Å². The lowest BCUT2D eigenvalue weighted by atomic mass is 9.99. The van der Waals surface area contributed by atoms with E-state index < -0.39 is 47.5 Å². The van der Waals surface area contributed by atoms with Gasteiger partial charge in [-0.2, -0.15) is 0 Å². The van der Waals surface area contributed by atoms with Crippen LogP contribution in [-0.2, 0) is 23.9 Å². The SMILES string of the molecule is COC(=O)[C@@H](CCC(=O)OC(C)(C)C)NC(=O)[C@H](O)[C@@H](NC(=O)c1ccccc1)c1ccccc1. The predicted molar refractivity (Wildman–Crippen MR) is 128 cm³/mol. The van der Waals surface area contributed by atoms with E-state index in [9.17, 15) is 24.3 Å². The number of rotatable bonds is 10. The fourth-order valence-corrected chi connectivity index (χ4v) is 3.27. The van der Waals surface area contributed by atoms with E-state index in [0.29, 0.717) is 11.1 Å². The van der Waals surface area contributed by atoms with E-state index in [1.807, 2.05) is 0 Å². The minimum Gasteiger partial charge on any atom is -0.467 e. The highest BCUT2D eigenvalue weighted by atomic mass is 16.6. The standard InChI is InChI=1S/C26H32N2O7/c1-26(2,3)35-20(29)16-15-19(25(33)34-4)27-24(32)22(30)21(17-11-7-5-8-12-17)28-23(31)18-13-9-6-10-14-18/h5-14,19,21-22,30H,15-16H2,1-4H3,(H,27,32)(H,28,31)/t19-,21+,22-/m1/s1. The molecule has 0 bridgehead atoms. The lowest BCUT2D eigenvalue weighted by molar-refractivity contribution is -0.155. The fourth-order valence-electron chi connectivity index (χ4n) is 3.27. The third-order valence-corrected chi connectivity index (χ3v) is 4.92. The van der Waals surface area contributed by atoms with Gasteiger partial charge in [0.15, 0.2) is 6.10 Å². The molecular formula is C26H32N2O7. The zero-order valence-corrected chi connectivity index (χ0v) is 20.3. The summed E-state index contributed by atoms with van der Waals surface area (Å²) in [6.45, 7) is 5.15. The zero-order chi connectivity index (χ0) is 26.0. The number of nitrogens with one attached hydrogen (secondary N) is 2. The van der Waals surface area contributed by atoms with Crippen LogP contribution in [0.3, 0.4) is 0 Å². The van der Waals surface area contributed by atoms with Gasteiger partial charge < -0.3 is 25.2 Å². The molecule has 0 radical (unpaired) electrons. The molecule has 0 aliphatic carbocycles. The second kappa shape index (κ2) is 12.7. The van der Waals surface area contributed by atoms with Gasteiger partial charge in [-0.25, -0.2) is 4.79 Å². The number of methoxy groups -OCH3 is 1. The Morgan fingerprint density at radius 1 is 0.914 bits per heavy atom. The monoisotopic (exact) mass is 484 g/mol. The summed E-state index contributed by atoms with van der Waals surface area (Å²) in [6, 6.07) is 14.6. The Hall–Kier alpha value is -3.72. The van der Waals surface area contributed by atoms with Gasteiger partial charge in [-0.3, -0.25) is 14.4 Å². The number of hydrogen-bond donors (Lipinski definition) is 3. The first-order valence-electron chi connectivity index (χ1n) is 11.2. The van der Waals surface area contributed by atoms with Gasteiger partial charge in [0.2, 0.25) is 0 Å². The van der Waals surface area contributed by atoms with E-state index in [4.69, 9.17) is 9.47 Å². The number of ether oxygens (including phenoxy) is 2. The Balaban J connectivity index is 2.17. The maximum atomic E-state index is 12.9. The molecular weight excluding hydrogens is 452 g/mol. The number of esters is 2. The quantitative estimate of drug-likeness (QED) is 0.441. The third-order valence-electron chi connectivity index (χ3n) is 4.92. The lowest BCUT2D eigenvalue weighted by Gasteiger charge is -2.26. The molecule has 9 heteroatoms. The van der Waals surface area contributed by atoms with Crippen LogP contribution in [0.5, 0.6) is 0 Å². The van der Waals surface area contributed by atoms with E-state index in [0.717, 1.165) is 7.11 Å². The average molecular weight is 485 g/mol. The molecule has 0 aliphatic heterocycles. The summed E-state index contributed by atoms with van der Waals surface area (Å²) in [5.74, 6) is -2.72. The number of aliphatic hydroxyl groups is 1. The van der Waals surface area contributed by atoms with Gasteiger partial charge in [0.25, 0.3) is 11.8 Å². The summed E-state index contributed by atoms with van der Waals surface area (Å²) >= 11 is 0. The predicted octanol–water partition coefficient (Wildman–Crippen LogP) is 2.30. The van der Waals surface area contributed by atoms with Crippen LogP contribution in [0.15, 0.2) is 60.7 Å². The largest absolute Gasteiger partial charge is 0.467 e. The van der Waals surface area contributed by atoms with Crippen molar-refractivity contribution in [3.8, 4) is 0 Å². The van der Waals surface area contributed by atoms with Crippen LogP contribution >= 0.6 is 0 Å². The Labute approximate surface area is 204 Å². The second-order valence-corrected chi connectivity index (χ2v) is 8.88. The lowest BCUT2D eigenvalue weighted by Crippen LogP contribution is -2.50. The van der Waals surface area contributed by atoms with E-state index in [-0.39, 0.29) is 12.8 Å². The van der Waals surface area contributed by atoms with Crippen molar-refractivity contribution in [2.24, 2.45) is 0 Å². The molecule has 0 fully saturated rings. The Morgan fingerprint density at radius 2 is 1.49 bits per heavy atom. The van der Waals surface area contributed by atoms with Gasteiger partial charge in [0, 0.05) is 12.0 Å². The first kappa shape index (κ1) is 27.5. The van der Waals surface area contributed by atoms with Crippen molar-refractivity contribution in [2.75, 3.05) is 7.11 Å². The summed E-state index contributed by atoms with van der Waals surface area (Å²) in [6.07, 6.45) is -1.98. The van der Waals surface area contributed by atoms with Crippen molar-refractivity contribution in [2.45, 2.75) is 57.4 Å². The fraction of sp³-hybridized carbons (Fsp3) is 0.385. The van der Waals surface area contributed by atoms with Crippen molar-refractivity contribution in [1.82, 2.24) is 10.6 Å². The molecule has 3 N–H and O–H groups in total. The Bertz CT molecular complexity index is 1000. The number of aliphatic hydroxyl groups excluding tert-OH is 1. The van der Waals surface area contributed by atoms with Gasteiger partial charge in [-0.05, 0) is 44.9 Å². The van der Waals surface area contributed by atoms with Gasteiger partial charge in [-0.1, -0.05) is 48.5 Å². The summed E-state index contributed by atoms with van der Waals surface area (Å²) in [4.78, 5) is 50.0. The minimum absolute atomic E-state index is 0.0908. The molecule has 0 unspecified atom stereocenters. The molecule has 2 amide bonds. The van der Waals surface area contributed by atoms with Gasteiger partial charge in [-0.15, -0.1) is 0 Å². The number of carbonyl (C=O) groups is 4. The van der Waals surface area contributed by atoms with Crippen molar-refractivity contribution in [1.29, 1.82) is 0 Å². The molecule has 0 saturated carbocycles. The van der Waals surface area contributed by atoms with Crippen molar-refractivity contribution < 1.29 is 33.8 Å². The molecule has 35 heavy (non-hydrogen) atoms. The number of carbonyl (C=O) groups excluding carboxylic acids is 4. The summed E-state index contributed by atoms with van der Waals surface area (Å²) in [5, 5.41) is 16.0. The topological polar surface area (TPSA) is 131 Å². The summed E-state index contributed by atoms with van der Waals surface area (Å²) in [5.41, 5.74) is 0.144. The number of amides is 2. The van der Waals surface area contributed by atoms with Crippen LogP contribution in [0.2, 0.25) is 0 Å². The molecule has 3 atom stereocenters. The van der Waals surface area contributed by atoms with Gasteiger partial charge >= 0.3 is 11.9 Å². The maximum Gasteiger partial charge on any atom is 0.328 e. The molecule has 0 aromatic heterocycles. The molecule has 0 saturated heterocycles. The molecule has 0 aliphatic rings. The highest BCUT2D eigenvalue weighted by Crippen LogP contribution is 2.19. The second-order valence-electron chi connectivity index (χ2n) is 8.88. The van der Waals surface area contributed by atoms with Crippen LogP contribution in [0.25, 0.3) is 0 Å². The van der Waals surface area contributed by atoms with E-state index in [2.05, 4.69) is 10.6 Å². The molecule has 2 rings (SSSR count). The molecule has 0 heterocycles. The highest BCUT2D eigenvalue weighted by Gasteiger charge is 2.33. The Kier molecular flexibility index (Phi) is 9.96. The van der Waals surface area contributed by atoms with Gasteiger partial charge in [0.1, 0.15) is 11.6 Å². The first-order valence-corrected chi connectivity index (χ1v) is 11.2. The highest BCUT2D eigenvalue weighted by molar-refractivity contribution is 5.95. The maximum absolute atomic E-state index is 12.9. The average Bonchev–Trinajstić information content (AvgIpc) is 2.83. The van der Waals surface area contributed by atoms with Crippen molar-refractivity contribution >= 4 is 23.8 Å². The third kappa shape index (κ3) is 8.86. The molecule has 2 aromatic carbocycles. The van der Waals surface area contributed by atoms with Gasteiger partial charge in [0.05, 0.1) is 13.2 Å². The normalized spacial score (nSPS) is 13.6. The van der Waals surface area contributed by atoms with Crippen LogP contribution in [-0.4, -0.2) is 53.7 Å². The molecule has 0 spiro atoms. The molecule has 2 aromatic rings. The minimum atomic E-state index is -1.74. The van der Waals surface area contributed by atoms with Crippen molar-refractivity contribution in [3.05, 3.63) is 71.8 Å². The zero-order valence-electron chi connectivity index (χ0n) is 20.3. The number of hydrogen-bond acceptors (Lipinski definition) is 7. The first-order chi connectivity index (χ1) is 16.5. The van der Waals surface area contributed by atoms with E-state index >= 15 is 0 Å². The summed E-state index contributed by atoms with van der Waals surface area (Å²) in [7, 11) is 1.15. The van der Waals surface area contributed by atoms with E-state index in [1.165, 1.54) is 0 Å². The molecule has 188 valence electrons. The van der Waals surface area contributed by atoms with Crippen LogP contribution in [0, 0.1) is 0 Å². The van der Waals surface area contributed by atoms with Crippen molar-refractivity contribution in [3.63, 3.8) is 0 Å². The number of benzene rings is 2. The Morgan fingerprint density at radius 3 is 2.03 bits per heavy atom.